The molecule has 0 fully saturated rings. The SMILES string of the molecule is Nc1nc(Cl)nc2c1ncn2C1=C[C@@H](O)C(CO)O1. The van der Waals surface area contributed by atoms with E-state index in [-0.39, 0.29) is 17.7 Å². The van der Waals surface area contributed by atoms with Gasteiger partial charge in [-0.25, -0.2) is 4.98 Å². The summed E-state index contributed by atoms with van der Waals surface area (Å²) in [6.45, 7) is -0.300. The van der Waals surface area contributed by atoms with Crippen LogP contribution < -0.4 is 5.73 Å². The fraction of sp³-hybridized carbons (Fsp3) is 0.300. The molecule has 8 nitrogen and oxygen atoms in total. The van der Waals surface area contributed by atoms with Gasteiger partial charge in [0.1, 0.15) is 12.4 Å². The lowest BCUT2D eigenvalue weighted by Gasteiger charge is -2.12. The monoisotopic (exact) mass is 283 g/mol. The third-order valence-electron chi connectivity index (χ3n) is 2.78. The van der Waals surface area contributed by atoms with Crippen molar-refractivity contribution in [1.29, 1.82) is 0 Å². The number of hydrogen-bond acceptors (Lipinski definition) is 7. The maximum absolute atomic E-state index is 9.66. The van der Waals surface area contributed by atoms with Gasteiger partial charge < -0.3 is 20.7 Å². The zero-order valence-corrected chi connectivity index (χ0v) is 10.3. The Hall–Kier alpha value is -1.90. The number of nitrogens with two attached hydrogens (primary N) is 1. The van der Waals surface area contributed by atoms with Crippen LogP contribution in [0.25, 0.3) is 17.0 Å². The summed E-state index contributed by atoms with van der Waals surface area (Å²) in [5, 5.41) is 18.7. The average molecular weight is 284 g/mol. The first kappa shape index (κ1) is 12.2. The molecule has 0 amide bonds. The van der Waals surface area contributed by atoms with Crippen LogP contribution in [0.2, 0.25) is 5.28 Å². The van der Waals surface area contributed by atoms with Crippen molar-refractivity contribution in [1.82, 2.24) is 19.5 Å². The Morgan fingerprint density at radius 1 is 1.47 bits per heavy atom. The third kappa shape index (κ3) is 1.89. The molecule has 2 aromatic heterocycles. The van der Waals surface area contributed by atoms with Crippen LogP contribution in [0.3, 0.4) is 0 Å². The molecule has 1 aliphatic heterocycles. The molecule has 1 unspecified atom stereocenters. The van der Waals surface area contributed by atoms with Gasteiger partial charge in [0, 0.05) is 6.08 Å². The number of aliphatic hydroxyl groups is 2. The minimum absolute atomic E-state index is 0.00963. The molecule has 0 saturated carbocycles. The molecule has 2 aromatic rings. The Morgan fingerprint density at radius 2 is 2.26 bits per heavy atom. The van der Waals surface area contributed by atoms with Gasteiger partial charge in [-0.2, -0.15) is 9.97 Å². The molecular formula is C10H10ClN5O3. The lowest BCUT2D eigenvalue weighted by Crippen LogP contribution is -2.25. The number of imidazole rings is 1. The van der Waals surface area contributed by atoms with E-state index in [1.807, 2.05) is 0 Å². The number of anilines is 1. The third-order valence-corrected chi connectivity index (χ3v) is 2.95. The Labute approximate surface area is 112 Å². The van der Waals surface area contributed by atoms with Crippen LogP contribution in [0.4, 0.5) is 5.82 Å². The van der Waals surface area contributed by atoms with Crippen LogP contribution >= 0.6 is 11.6 Å². The first-order chi connectivity index (χ1) is 9.10. The van der Waals surface area contributed by atoms with Gasteiger partial charge in [0.15, 0.2) is 29.0 Å². The summed E-state index contributed by atoms with van der Waals surface area (Å²) in [4.78, 5) is 11.9. The van der Waals surface area contributed by atoms with E-state index >= 15 is 0 Å². The first-order valence-corrected chi connectivity index (χ1v) is 5.82. The summed E-state index contributed by atoms with van der Waals surface area (Å²) in [5.74, 6) is 0.467. The summed E-state index contributed by atoms with van der Waals surface area (Å²) >= 11 is 5.75. The summed E-state index contributed by atoms with van der Waals surface area (Å²) in [7, 11) is 0. The second-order valence-corrected chi connectivity index (χ2v) is 4.34. The Kier molecular flexibility index (Phi) is 2.77. The smallest absolute Gasteiger partial charge is 0.226 e. The molecule has 3 heterocycles. The highest BCUT2D eigenvalue weighted by Crippen LogP contribution is 2.26. The second kappa shape index (κ2) is 4.34. The zero-order valence-electron chi connectivity index (χ0n) is 9.56. The van der Waals surface area contributed by atoms with Gasteiger partial charge in [-0.15, -0.1) is 0 Å². The molecule has 1 aliphatic rings. The van der Waals surface area contributed by atoms with Crippen molar-refractivity contribution in [2.75, 3.05) is 12.3 Å². The molecule has 2 atom stereocenters. The lowest BCUT2D eigenvalue weighted by molar-refractivity contribution is 0.0258. The molecule has 4 N–H and O–H groups in total. The zero-order chi connectivity index (χ0) is 13.6. The fourth-order valence-corrected chi connectivity index (χ4v) is 2.03. The van der Waals surface area contributed by atoms with Crippen molar-refractivity contribution in [3.8, 4) is 0 Å². The number of aliphatic hydroxyl groups excluding tert-OH is 2. The van der Waals surface area contributed by atoms with Crippen molar-refractivity contribution in [3.63, 3.8) is 0 Å². The number of halogens is 1. The molecule has 0 bridgehead atoms. The van der Waals surface area contributed by atoms with Gasteiger partial charge in [-0.05, 0) is 11.6 Å². The van der Waals surface area contributed by atoms with E-state index in [0.717, 1.165) is 0 Å². The molecule has 100 valence electrons. The Bertz CT molecular complexity index is 670. The van der Waals surface area contributed by atoms with Crippen LogP contribution in [0, 0.1) is 0 Å². The van der Waals surface area contributed by atoms with Crippen molar-refractivity contribution in [2.24, 2.45) is 0 Å². The van der Waals surface area contributed by atoms with Crippen LogP contribution in [0.15, 0.2) is 12.4 Å². The summed E-state index contributed by atoms with van der Waals surface area (Å²) in [6.07, 6.45) is 1.28. The molecule has 3 rings (SSSR count). The largest absolute Gasteiger partial charge is 0.470 e. The first-order valence-electron chi connectivity index (χ1n) is 5.44. The summed E-state index contributed by atoms with van der Waals surface area (Å²) in [5.41, 5.74) is 6.44. The van der Waals surface area contributed by atoms with Crippen LogP contribution in [0.5, 0.6) is 0 Å². The van der Waals surface area contributed by atoms with Crippen molar-refractivity contribution >= 4 is 34.5 Å². The average Bonchev–Trinajstić information content (AvgIpc) is 2.92. The maximum atomic E-state index is 9.66. The highest BCUT2D eigenvalue weighted by molar-refractivity contribution is 6.28. The predicted octanol–water partition coefficient (Wildman–Crippen LogP) is -0.388. The number of ether oxygens (including phenoxy) is 1. The molecule has 9 heteroatoms. The van der Waals surface area contributed by atoms with Gasteiger partial charge in [-0.1, -0.05) is 0 Å². The van der Waals surface area contributed by atoms with E-state index in [0.29, 0.717) is 17.0 Å². The van der Waals surface area contributed by atoms with Gasteiger partial charge in [0.2, 0.25) is 5.28 Å². The minimum atomic E-state index is -0.896. The van der Waals surface area contributed by atoms with Crippen molar-refractivity contribution in [3.05, 3.63) is 17.7 Å². The number of nitrogen functional groups attached to an aromatic ring is 1. The van der Waals surface area contributed by atoms with E-state index in [2.05, 4.69) is 15.0 Å². The van der Waals surface area contributed by atoms with E-state index in [1.54, 1.807) is 0 Å². The summed E-state index contributed by atoms with van der Waals surface area (Å²) in [6, 6.07) is 0. The quantitative estimate of drug-likeness (QED) is 0.642. The van der Waals surface area contributed by atoms with E-state index in [4.69, 9.17) is 27.2 Å². The molecule has 0 spiro atoms. The summed E-state index contributed by atoms with van der Waals surface area (Å²) < 4.78 is 6.88. The van der Waals surface area contributed by atoms with Gasteiger partial charge in [-0.3, -0.25) is 4.57 Å². The van der Waals surface area contributed by atoms with Crippen LogP contribution in [-0.4, -0.2) is 48.5 Å². The fourth-order valence-electron chi connectivity index (χ4n) is 1.86. The number of fused-ring (bicyclic) bond motifs is 1. The highest BCUT2D eigenvalue weighted by Gasteiger charge is 2.29. The number of nitrogens with zero attached hydrogens (tertiary/aromatic N) is 4. The normalized spacial score (nSPS) is 22.6. The number of rotatable bonds is 2. The van der Waals surface area contributed by atoms with E-state index in [9.17, 15) is 5.11 Å². The standard InChI is InChI=1S/C10H10ClN5O3/c11-10-14-8(12)7-9(15-10)16(3-13-7)6-1-4(18)5(2-17)19-6/h1,3-5,17-18H,2H2,(H2,12,14,15)/t4-,5?/m1/s1. The van der Waals surface area contributed by atoms with Crippen LogP contribution in [-0.2, 0) is 4.74 Å². The number of aromatic nitrogens is 4. The molecule has 0 aliphatic carbocycles. The topological polar surface area (TPSA) is 119 Å². The van der Waals surface area contributed by atoms with E-state index in [1.165, 1.54) is 17.0 Å². The van der Waals surface area contributed by atoms with Crippen LogP contribution in [0.1, 0.15) is 0 Å². The molecule has 19 heavy (non-hydrogen) atoms. The lowest BCUT2D eigenvalue weighted by atomic mass is 10.2. The predicted molar refractivity (Wildman–Crippen MR) is 67.0 cm³/mol. The maximum Gasteiger partial charge on any atom is 0.226 e. The van der Waals surface area contributed by atoms with Gasteiger partial charge in [0.05, 0.1) is 6.61 Å². The minimum Gasteiger partial charge on any atom is -0.470 e. The molecule has 0 aromatic carbocycles. The van der Waals surface area contributed by atoms with Crippen molar-refractivity contribution < 1.29 is 14.9 Å². The number of hydrogen-bond donors (Lipinski definition) is 3. The molecule has 0 radical (unpaired) electrons. The Balaban J connectivity index is 2.10. The van der Waals surface area contributed by atoms with Crippen molar-refractivity contribution in [2.45, 2.75) is 12.2 Å². The highest BCUT2D eigenvalue weighted by atomic mass is 35.5. The van der Waals surface area contributed by atoms with E-state index < -0.39 is 12.2 Å². The van der Waals surface area contributed by atoms with Gasteiger partial charge in [0.25, 0.3) is 0 Å². The molecular weight excluding hydrogens is 274 g/mol. The molecule has 0 saturated heterocycles. The Morgan fingerprint density at radius 3 is 2.95 bits per heavy atom. The second-order valence-electron chi connectivity index (χ2n) is 4.00. The van der Waals surface area contributed by atoms with Gasteiger partial charge >= 0.3 is 0 Å².